The monoisotopic (exact) mass is 321 g/mol. The Bertz CT molecular complexity index is 537. The summed E-state index contributed by atoms with van der Waals surface area (Å²) in [6.07, 6.45) is 2.49. The van der Waals surface area contributed by atoms with E-state index in [1.54, 1.807) is 0 Å². The largest absolute Gasteiger partial charge is 0.381 e. The number of aromatic nitrogens is 3. The van der Waals surface area contributed by atoms with Crippen molar-refractivity contribution in [3.05, 3.63) is 11.6 Å². The molecule has 128 valence electrons. The second-order valence-corrected chi connectivity index (χ2v) is 6.74. The van der Waals surface area contributed by atoms with Gasteiger partial charge < -0.3 is 19.9 Å². The average molecular weight is 321 g/mol. The number of amides is 1. The van der Waals surface area contributed by atoms with E-state index in [0.717, 1.165) is 50.5 Å². The van der Waals surface area contributed by atoms with Crippen LogP contribution in [-0.4, -0.2) is 47.0 Å². The molecule has 0 saturated carbocycles. The van der Waals surface area contributed by atoms with Crippen LogP contribution in [0.15, 0.2) is 0 Å². The number of carbonyl (C=O) groups is 1. The normalized spacial score (nSPS) is 20.8. The smallest absolute Gasteiger partial charge is 0.223 e. The lowest BCUT2D eigenvalue weighted by molar-refractivity contribution is -0.129. The third-order valence-corrected chi connectivity index (χ3v) is 4.73. The number of nitrogens with zero attached hydrogens (tertiary/aromatic N) is 3. The van der Waals surface area contributed by atoms with Crippen LogP contribution in [0.5, 0.6) is 0 Å². The SMILES string of the molecule is CC(C)[C@H](NC(=O)C1CCOCC1)c1nnc2n1CCNCC2. The number of hydrogen-bond acceptors (Lipinski definition) is 5. The van der Waals surface area contributed by atoms with Gasteiger partial charge in [0, 0.05) is 45.2 Å². The van der Waals surface area contributed by atoms with Gasteiger partial charge in [-0.2, -0.15) is 0 Å². The second-order valence-electron chi connectivity index (χ2n) is 6.74. The van der Waals surface area contributed by atoms with Gasteiger partial charge in [0.25, 0.3) is 0 Å². The highest BCUT2D eigenvalue weighted by molar-refractivity contribution is 5.79. The predicted molar refractivity (Wildman–Crippen MR) is 85.9 cm³/mol. The van der Waals surface area contributed by atoms with Crippen molar-refractivity contribution >= 4 is 5.91 Å². The third-order valence-electron chi connectivity index (χ3n) is 4.73. The molecule has 0 radical (unpaired) electrons. The first kappa shape index (κ1) is 16.4. The fourth-order valence-electron chi connectivity index (χ4n) is 3.28. The zero-order valence-corrected chi connectivity index (χ0v) is 14.0. The van der Waals surface area contributed by atoms with Gasteiger partial charge in [0.2, 0.25) is 5.91 Å². The van der Waals surface area contributed by atoms with E-state index in [2.05, 4.69) is 39.2 Å². The van der Waals surface area contributed by atoms with Crippen LogP contribution >= 0.6 is 0 Å². The molecule has 7 heteroatoms. The molecule has 1 amide bonds. The van der Waals surface area contributed by atoms with Crippen molar-refractivity contribution in [3.8, 4) is 0 Å². The molecular weight excluding hydrogens is 294 g/mol. The molecule has 3 rings (SSSR count). The number of rotatable bonds is 4. The van der Waals surface area contributed by atoms with E-state index in [0.29, 0.717) is 13.2 Å². The maximum Gasteiger partial charge on any atom is 0.223 e. The van der Waals surface area contributed by atoms with Gasteiger partial charge in [0.1, 0.15) is 5.82 Å². The summed E-state index contributed by atoms with van der Waals surface area (Å²) >= 11 is 0. The van der Waals surface area contributed by atoms with E-state index in [9.17, 15) is 4.79 Å². The van der Waals surface area contributed by atoms with Gasteiger partial charge in [-0.25, -0.2) is 0 Å². The van der Waals surface area contributed by atoms with Crippen molar-refractivity contribution in [2.75, 3.05) is 26.3 Å². The zero-order chi connectivity index (χ0) is 16.2. The molecule has 1 saturated heterocycles. The van der Waals surface area contributed by atoms with Crippen LogP contribution < -0.4 is 10.6 Å². The van der Waals surface area contributed by atoms with Crippen LogP contribution in [0.2, 0.25) is 0 Å². The molecule has 2 aliphatic rings. The van der Waals surface area contributed by atoms with Crippen LogP contribution in [0, 0.1) is 11.8 Å². The van der Waals surface area contributed by atoms with Gasteiger partial charge in [-0.05, 0) is 18.8 Å². The van der Waals surface area contributed by atoms with E-state index in [1.165, 1.54) is 0 Å². The van der Waals surface area contributed by atoms with E-state index >= 15 is 0 Å². The number of hydrogen-bond donors (Lipinski definition) is 2. The molecule has 3 heterocycles. The summed E-state index contributed by atoms with van der Waals surface area (Å²) in [5.41, 5.74) is 0. The van der Waals surface area contributed by atoms with Crippen molar-refractivity contribution in [1.29, 1.82) is 0 Å². The van der Waals surface area contributed by atoms with Crippen LogP contribution in [-0.2, 0) is 22.5 Å². The maximum absolute atomic E-state index is 12.6. The molecule has 7 nitrogen and oxygen atoms in total. The first-order valence-corrected chi connectivity index (χ1v) is 8.67. The Morgan fingerprint density at radius 3 is 2.83 bits per heavy atom. The Morgan fingerprint density at radius 1 is 1.30 bits per heavy atom. The lowest BCUT2D eigenvalue weighted by Gasteiger charge is -2.27. The molecule has 0 aromatic carbocycles. The second kappa shape index (κ2) is 7.40. The highest BCUT2D eigenvalue weighted by atomic mass is 16.5. The van der Waals surface area contributed by atoms with Crippen LogP contribution in [0.25, 0.3) is 0 Å². The summed E-state index contributed by atoms with van der Waals surface area (Å²) < 4.78 is 7.52. The summed E-state index contributed by atoms with van der Waals surface area (Å²) in [4.78, 5) is 12.6. The Kier molecular flexibility index (Phi) is 5.27. The number of fused-ring (bicyclic) bond motifs is 1. The third kappa shape index (κ3) is 3.72. The Morgan fingerprint density at radius 2 is 2.09 bits per heavy atom. The fraction of sp³-hybridized carbons (Fsp3) is 0.812. The van der Waals surface area contributed by atoms with Crippen molar-refractivity contribution in [2.24, 2.45) is 11.8 Å². The Hall–Kier alpha value is -1.47. The van der Waals surface area contributed by atoms with E-state index in [1.807, 2.05) is 0 Å². The molecular formula is C16H27N5O2. The minimum atomic E-state index is -0.0929. The predicted octanol–water partition coefficient (Wildman–Crippen LogP) is 0.664. The van der Waals surface area contributed by atoms with Gasteiger partial charge in [-0.15, -0.1) is 10.2 Å². The molecule has 0 unspecified atom stereocenters. The molecule has 0 bridgehead atoms. The molecule has 23 heavy (non-hydrogen) atoms. The van der Waals surface area contributed by atoms with Gasteiger partial charge in [0.05, 0.1) is 6.04 Å². The molecule has 2 aliphatic heterocycles. The molecule has 1 aromatic rings. The average Bonchev–Trinajstić information content (AvgIpc) is 2.80. The topological polar surface area (TPSA) is 81.1 Å². The Balaban J connectivity index is 1.76. The summed E-state index contributed by atoms with van der Waals surface area (Å²) in [6.45, 7) is 8.29. The highest BCUT2D eigenvalue weighted by Gasteiger charge is 2.29. The molecule has 1 fully saturated rings. The minimum absolute atomic E-state index is 0.0539. The first-order chi connectivity index (χ1) is 11.2. The fourth-order valence-corrected chi connectivity index (χ4v) is 3.28. The summed E-state index contributed by atoms with van der Waals surface area (Å²) in [7, 11) is 0. The van der Waals surface area contributed by atoms with Crippen molar-refractivity contribution in [2.45, 2.75) is 45.7 Å². The van der Waals surface area contributed by atoms with E-state index in [-0.39, 0.29) is 23.8 Å². The van der Waals surface area contributed by atoms with E-state index in [4.69, 9.17) is 4.74 Å². The summed E-state index contributed by atoms with van der Waals surface area (Å²) in [6, 6.07) is -0.0929. The van der Waals surface area contributed by atoms with Gasteiger partial charge in [-0.1, -0.05) is 13.8 Å². The Labute approximate surface area is 137 Å². The number of nitrogens with one attached hydrogen (secondary N) is 2. The summed E-state index contributed by atoms with van der Waals surface area (Å²) in [5.74, 6) is 2.34. The molecule has 0 spiro atoms. The number of carbonyl (C=O) groups excluding carboxylic acids is 1. The van der Waals surface area contributed by atoms with Crippen LogP contribution in [0.4, 0.5) is 0 Å². The van der Waals surface area contributed by atoms with E-state index < -0.39 is 0 Å². The first-order valence-electron chi connectivity index (χ1n) is 8.67. The molecule has 0 aliphatic carbocycles. The van der Waals surface area contributed by atoms with Crippen LogP contribution in [0.1, 0.15) is 44.4 Å². The van der Waals surface area contributed by atoms with Crippen LogP contribution in [0.3, 0.4) is 0 Å². The van der Waals surface area contributed by atoms with Gasteiger partial charge in [0.15, 0.2) is 5.82 Å². The zero-order valence-electron chi connectivity index (χ0n) is 14.0. The lowest BCUT2D eigenvalue weighted by Crippen LogP contribution is -2.39. The molecule has 1 atom stereocenters. The van der Waals surface area contributed by atoms with Crippen molar-refractivity contribution < 1.29 is 9.53 Å². The van der Waals surface area contributed by atoms with Crippen molar-refractivity contribution in [3.63, 3.8) is 0 Å². The highest BCUT2D eigenvalue weighted by Crippen LogP contribution is 2.24. The maximum atomic E-state index is 12.6. The summed E-state index contributed by atoms with van der Waals surface area (Å²) in [5, 5.41) is 15.3. The quantitative estimate of drug-likeness (QED) is 0.852. The lowest BCUT2D eigenvalue weighted by atomic mass is 9.97. The van der Waals surface area contributed by atoms with Gasteiger partial charge in [-0.3, -0.25) is 4.79 Å². The van der Waals surface area contributed by atoms with Gasteiger partial charge >= 0.3 is 0 Å². The molecule has 2 N–H and O–H groups in total. The standard InChI is InChI=1S/C16H27N5O2/c1-11(2)14(18-16(22)12-4-9-23-10-5-12)15-20-19-13-3-6-17-7-8-21(13)15/h11-12,14,17H,3-10H2,1-2H3,(H,18,22)/t14-/m0/s1. The molecule has 1 aromatic heterocycles. The van der Waals surface area contributed by atoms with Crippen molar-refractivity contribution in [1.82, 2.24) is 25.4 Å². The number of ether oxygens (including phenoxy) is 1. The minimum Gasteiger partial charge on any atom is -0.381 e.